The van der Waals surface area contributed by atoms with E-state index in [1.165, 1.54) is 18.2 Å². The van der Waals surface area contributed by atoms with Gasteiger partial charge in [-0.1, -0.05) is 24.3 Å². The highest BCUT2D eigenvalue weighted by molar-refractivity contribution is 5.87. The van der Waals surface area contributed by atoms with Gasteiger partial charge in [-0.3, -0.25) is 0 Å². The maximum absolute atomic E-state index is 12.3. The van der Waals surface area contributed by atoms with Gasteiger partial charge in [0, 0.05) is 18.9 Å². The van der Waals surface area contributed by atoms with Gasteiger partial charge in [0.15, 0.2) is 5.60 Å². The summed E-state index contributed by atoms with van der Waals surface area (Å²) in [5.74, 6) is -2.13. The van der Waals surface area contributed by atoms with E-state index >= 15 is 0 Å². The van der Waals surface area contributed by atoms with Gasteiger partial charge in [0.1, 0.15) is 18.0 Å². The molecule has 0 aromatic heterocycles. The highest BCUT2D eigenvalue weighted by atomic mass is 16.6. The Morgan fingerprint density at radius 2 is 1.76 bits per heavy atom. The minimum atomic E-state index is -1.89. The normalized spacial score (nSPS) is 24.8. The molecule has 0 bridgehead atoms. The Labute approximate surface area is 189 Å². The standard InChI is InChI=1S/C24H23NO8/c25-13-16-1-3-17(4-2-16)14-32-24(23(30)31)11-19(27)22(29)20(12-24)33-21(28)10-7-15-5-8-18(26)9-6-15/h1-10,19-20,22,26-27,29H,11-12,14H2,(H,30,31)/b10-7+/t19-,20+,22+,24-/m0/s1. The quantitative estimate of drug-likeness (QED) is 0.362. The molecule has 0 unspecified atom stereocenters. The molecule has 0 radical (unpaired) electrons. The van der Waals surface area contributed by atoms with Gasteiger partial charge >= 0.3 is 11.9 Å². The molecule has 172 valence electrons. The Kier molecular flexibility index (Phi) is 7.45. The van der Waals surface area contributed by atoms with Crippen molar-refractivity contribution >= 4 is 18.0 Å². The largest absolute Gasteiger partial charge is 0.508 e. The van der Waals surface area contributed by atoms with Gasteiger partial charge in [0.2, 0.25) is 0 Å². The van der Waals surface area contributed by atoms with Crippen molar-refractivity contribution in [1.29, 1.82) is 5.26 Å². The molecule has 0 amide bonds. The first-order valence-electron chi connectivity index (χ1n) is 10.1. The molecular formula is C24H23NO8. The topological polar surface area (TPSA) is 157 Å². The van der Waals surface area contributed by atoms with Crippen molar-refractivity contribution in [2.75, 3.05) is 0 Å². The summed E-state index contributed by atoms with van der Waals surface area (Å²) in [6, 6.07) is 14.4. The maximum Gasteiger partial charge on any atom is 0.336 e. The Balaban J connectivity index is 1.70. The summed E-state index contributed by atoms with van der Waals surface area (Å²) in [5.41, 5.74) is -0.228. The third-order valence-corrected chi connectivity index (χ3v) is 5.41. The molecule has 0 heterocycles. The van der Waals surface area contributed by atoms with Crippen molar-refractivity contribution in [2.24, 2.45) is 0 Å². The molecule has 1 fully saturated rings. The zero-order valence-corrected chi connectivity index (χ0v) is 17.5. The number of aromatic hydroxyl groups is 1. The number of aliphatic carboxylic acids is 1. The summed E-state index contributed by atoms with van der Waals surface area (Å²) in [7, 11) is 0. The number of nitriles is 1. The zero-order valence-electron chi connectivity index (χ0n) is 17.5. The lowest BCUT2D eigenvalue weighted by atomic mass is 9.79. The molecule has 1 aliphatic rings. The van der Waals surface area contributed by atoms with Gasteiger partial charge in [-0.05, 0) is 41.5 Å². The Hall–Kier alpha value is -3.71. The molecule has 9 nitrogen and oxygen atoms in total. The Morgan fingerprint density at radius 3 is 2.36 bits per heavy atom. The first kappa shape index (κ1) is 23.9. The first-order valence-corrected chi connectivity index (χ1v) is 10.1. The minimum absolute atomic E-state index is 0.0695. The number of phenolic OH excluding ortho intramolecular Hbond substituents is 1. The van der Waals surface area contributed by atoms with E-state index in [4.69, 9.17) is 14.7 Å². The van der Waals surface area contributed by atoms with Gasteiger partial charge in [-0.2, -0.15) is 5.26 Å². The number of hydrogen-bond acceptors (Lipinski definition) is 8. The number of carbonyl (C=O) groups excluding carboxylic acids is 1. The van der Waals surface area contributed by atoms with Crippen LogP contribution >= 0.6 is 0 Å². The molecule has 9 heteroatoms. The van der Waals surface area contributed by atoms with Crippen LogP contribution in [0.1, 0.15) is 29.5 Å². The average Bonchev–Trinajstić information content (AvgIpc) is 2.80. The van der Waals surface area contributed by atoms with Crippen LogP contribution in [0.15, 0.2) is 54.6 Å². The first-order chi connectivity index (χ1) is 15.7. The number of carboxylic acids is 1. The second-order valence-electron chi connectivity index (χ2n) is 7.76. The van der Waals surface area contributed by atoms with Crippen LogP contribution in [-0.2, 0) is 25.7 Å². The third kappa shape index (κ3) is 5.96. The average molecular weight is 453 g/mol. The number of carbonyl (C=O) groups is 2. The van der Waals surface area contributed by atoms with Crippen molar-refractivity contribution in [2.45, 2.75) is 43.4 Å². The van der Waals surface area contributed by atoms with Crippen molar-refractivity contribution in [3.8, 4) is 11.8 Å². The van der Waals surface area contributed by atoms with Crippen LogP contribution < -0.4 is 0 Å². The highest BCUT2D eigenvalue weighted by Gasteiger charge is 2.52. The number of phenols is 1. The fraction of sp³-hybridized carbons (Fsp3) is 0.292. The van der Waals surface area contributed by atoms with Crippen molar-refractivity contribution < 1.29 is 39.5 Å². The maximum atomic E-state index is 12.3. The van der Waals surface area contributed by atoms with Gasteiger partial charge in [0.25, 0.3) is 0 Å². The monoisotopic (exact) mass is 453 g/mol. The Morgan fingerprint density at radius 1 is 1.09 bits per heavy atom. The zero-order chi connectivity index (χ0) is 24.0. The minimum Gasteiger partial charge on any atom is -0.508 e. The SMILES string of the molecule is N#Cc1ccc(CO[C@@]2(C(=O)O)C[C@H](O)[C@@H](O)[C@H](OC(=O)/C=C/c3ccc(O)cc3)C2)cc1. The molecule has 3 rings (SSSR count). The summed E-state index contributed by atoms with van der Waals surface area (Å²) < 4.78 is 10.9. The van der Waals surface area contributed by atoms with E-state index < -0.39 is 42.3 Å². The summed E-state index contributed by atoms with van der Waals surface area (Å²) in [5, 5.41) is 48.6. The van der Waals surface area contributed by atoms with Gasteiger partial charge in [-0.25, -0.2) is 9.59 Å². The molecule has 4 atom stereocenters. The lowest BCUT2D eigenvalue weighted by Crippen LogP contribution is -2.58. The predicted octanol–water partition coefficient (Wildman–Crippen LogP) is 1.74. The second-order valence-corrected chi connectivity index (χ2v) is 7.76. The van der Waals surface area contributed by atoms with Crippen molar-refractivity contribution in [1.82, 2.24) is 0 Å². The van der Waals surface area contributed by atoms with E-state index in [2.05, 4.69) is 0 Å². The third-order valence-electron chi connectivity index (χ3n) is 5.41. The van der Waals surface area contributed by atoms with Crippen LogP contribution in [0, 0.1) is 11.3 Å². The van der Waals surface area contributed by atoms with Crippen LogP contribution in [-0.4, -0.2) is 56.3 Å². The van der Waals surface area contributed by atoms with Crippen LogP contribution in [0.3, 0.4) is 0 Å². The summed E-state index contributed by atoms with van der Waals surface area (Å²) in [6.07, 6.45) is -2.52. The predicted molar refractivity (Wildman–Crippen MR) is 115 cm³/mol. The molecule has 2 aromatic carbocycles. The van der Waals surface area contributed by atoms with Gasteiger partial charge < -0.3 is 29.9 Å². The molecule has 1 saturated carbocycles. The fourth-order valence-corrected chi connectivity index (χ4v) is 3.54. The lowest BCUT2D eigenvalue weighted by molar-refractivity contribution is -0.209. The number of ether oxygens (including phenoxy) is 2. The van der Waals surface area contributed by atoms with Crippen molar-refractivity contribution in [3.63, 3.8) is 0 Å². The number of hydrogen-bond donors (Lipinski definition) is 4. The molecule has 0 spiro atoms. The molecular weight excluding hydrogens is 430 g/mol. The van der Waals surface area contributed by atoms with Crippen molar-refractivity contribution in [3.05, 3.63) is 71.3 Å². The number of aliphatic hydroxyl groups is 2. The smallest absolute Gasteiger partial charge is 0.336 e. The molecule has 4 N–H and O–H groups in total. The van der Waals surface area contributed by atoms with Crippen LogP contribution in [0.4, 0.5) is 0 Å². The molecule has 1 aliphatic carbocycles. The number of esters is 1. The number of aliphatic hydroxyl groups excluding tert-OH is 2. The summed E-state index contributed by atoms with van der Waals surface area (Å²) >= 11 is 0. The van der Waals surface area contributed by atoms with Crippen LogP contribution in [0.25, 0.3) is 6.08 Å². The lowest BCUT2D eigenvalue weighted by Gasteiger charge is -2.41. The number of carboxylic acid groups (broad SMARTS) is 1. The number of benzene rings is 2. The number of nitrogens with zero attached hydrogens (tertiary/aromatic N) is 1. The fourth-order valence-electron chi connectivity index (χ4n) is 3.54. The van der Waals surface area contributed by atoms with E-state index in [0.717, 1.165) is 6.08 Å². The molecule has 33 heavy (non-hydrogen) atoms. The molecule has 0 aliphatic heterocycles. The van der Waals surface area contributed by atoms with E-state index in [0.29, 0.717) is 16.7 Å². The molecule has 0 saturated heterocycles. The summed E-state index contributed by atoms with van der Waals surface area (Å²) in [6.45, 7) is -0.123. The molecule has 2 aromatic rings. The van der Waals surface area contributed by atoms with Crippen LogP contribution in [0.2, 0.25) is 0 Å². The van der Waals surface area contributed by atoms with Gasteiger partial charge in [0.05, 0.1) is 24.3 Å². The summed E-state index contributed by atoms with van der Waals surface area (Å²) in [4.78, 5) is 24.3. The number of rotatable bonds is 7. The highest BCUT2D eigenvalue weighted by Crippen LogP contribution is 2.35. The van der Waals surface area contributed by atoms with Crippen LogP contribution in [0.5, 0.6) is 5.75 Å². The van der Waals surface area contributed by atoms with Gasteiger partial charge in [-0.15, -0.1) is 0 Å². The Bertz CT molecular complexity index is 1060. The van der Waals surface area contributed by atoms with E-state index in [-0.39, 0.29) is 18.8 Å². The second kappa shape index (κ2) is 10.3. The van der Waals surface area contributed by atoms with E-state index in [1.54, 1.807) is 36.4 Å². The van der Waals surface area contributed by atoms with E-state index in [1.807, 2.05) is 6.07 Å². The van der Waals surface area contributed by atoms with E-state index in [9.17, 15) is 30.0 Å².